The molecule has 0 aromatic heterocycles. The number of benzene rings is 3. The first-order valence-corrected chi connectivity index (χ1v) is 11.8. The van der Waals surface area contributed by atoms with E-state index >= 15 is 0 Å². The Bertz CT molecular complexity index is 1310. The van der Waals surface area contributed by atoms with E-state index in [2.05, 4.69) is 10.6 Å². The van der Waals surface area contributed by atoms with Crippen molar-refractivity contribution in [2.75, 3.05) is 0 Å². The second-order valence-corrected chi connectivity index (χ2v) is 9.06. The van der Waals surface area contributed by atoms with Crippen LogP contribution in [0.15, 0.2) is 83.5 Å². The molecule has 1 aliphatic heterocycles. The summed E-state index contributed by atoms with van der Waals surface area (Å²) in [6.07, 6.45) is 0. The minimum absolute atomic E-state index is 0.0264. The first-order chi connectivity index (χ1) is 16.8. The van der Waals surface area contributed by atoms with Crippen LogP contribution in [0.1, 0.15) is 27.0 Å². The summed E-state index contributed by atoms with van der Waals surface area (Å²) in [6.45, 7) is 0.655. The summed E-state index contributed by atoms with van der Waals surface area (Å²) in [4.78, 5) is 38.8. The zero-order valence-electron chi connectivity index (χ0n) is 18.4. The second-order valence-electron chi connectivity index (χ2n) is 7.84. The van der Waals surface area contributed by atoms with E-state index in [9.17, 15) is 14.4 Å². The zero-order valence-corrected chi connectivity index (χ0v) is 20.6. The van der Waals surface area contributed by atoms with Gasteiger partial charge in [0.2, 0.25) is 0 Å². The van der Waals surface area contributed by atoms with Crippen LogP contribution in [0.2, 0.25) is 10.0 Å². The van der Waals surface area contributed by atoms with Crippen LogP contribution >= 0.6 is 34.8 Å². The fourth-order valence-corrected chi connectivity index (χ4v) is 4.06. The summed E-state index contributed by atoms with van der Waals surface area (Å²) in [5.74, 6) is -1.30. The third-order valence-electron chi connectivity index (χ3n) is 5.45. The molecule has 0 saturated carbocycles. The fraction of sp³-hybridized carbons (Fsp3) is 0.115. The average molecular weight is 529 g/mol. The van der Waals surface area contributed by atoms with Crippen molar-refractivity contribution in [2.45, 2.75) is 19.6 Å². The van der Waals surface area contributed by atoms with Crippen molar-refractivity contribution in [1.29, 1.82) is 0 Å². The summed E-state index contributed by atoms with van der Waals surface area (Å²) in [5.41, 5.74) is 2.92. The lowest BCUT2D eigenvalue weighted by Crippen LogP contribution is -2.33. The fourth-order valence-electron chi connectivity index (χ4n) is 3.49. The number of halogens is 3. The molecular formula is C26H20Cl3N3O3. The molecule has 0 fully saturated rings. The Morgan fingerprint density at radius 3 is 2.09 bits per heavy atom. The van der Waals surface area contributed by atoms with Crippen molar-refractivity contribution in [2.24, 2.45) is 0 Å². The molecule has 0 aliphatic carbocycles. The highest BCUT2D eigenvalue weighted by molar-refractivity contribution is 6.47. The number of amides is 3. The molecule has 2 N–H and O–H groups in total. The predicted molar refractivity (Wildman–Crippen MR) is 136 cm³/mol. The maximum atomic E-state index is 12.8. The van der Waals surface area contributed by atoms with Crippen LogP contribution in [0, 0.1) is 0 Å². The Hall–Kier alpha value is -3.32. The smallest absolute Gasteiger partial charge is 0.278 e. The van der Waals surface area contributed by atoms with Crippen LogP contribution in [0.25, 0.3) is 0 Å². The summed E-state index contributed by atoms with van der Waals surface area (Å²) >= 11 is 18.2. The summed E-state index contributed by atoms with van der Waals surface area (Å²) in [5, 5.41) is 6.74. The van der Waals surface area contributed by atoms with Gasteiger partial charge in [0.15, 0.2) is 0 Å². The quantitative estimate of drug-likeness (QED) is 0.402. The van der Waals surface area contributed by atoms with Gasteiger partial charge in [-0.15, -0.1) is 0 Å². The Labute approximate surface area is 217 Å². The highest BCUT2D eigenvalue weighted by atomic mass is 35.5. The van der Waals surface area contributed by atoms with Crippen molar-refractivity contribution in [3.8, 4) is 0 Å². The van der Waals surface area contributed by atoms with Crippen molar-refractivity contribution < 1.29 is 14.4 Å². The molecular weight excluding hydrogens is 509 g/mol. The third-order valence-corrected chi connectivity index (χ3v) is 6.42. The molecule has 3 amide bonds. The number of hydrogen-bond acceptors (Lipinski definition) is 4. The van der Waals surface area contributed by atoms with E-state index in [-0.39, 0.29) is 29.7 Å². The molecule has 3 aromatic carbocycles. The van der Waals surface area contributed by atoms with Gasteiger partial charge in [-0.2, -0.15) is 0 Å². The minimum Gasteiger partial charge on any atom is -0.375 e. The first-order valence-electron chi connectivity index (χ1n) is 10.7. The van der Waals surface area contributed by atoms with E-state index < -0.39 is 11.8 Å². The maximum Gasteiger partial charge on any atom is 0.278 e. The number of imide groups is 1. The van der Waals surface area contributed by atoms with E-state index in [0.717, 1.165) is 16.0 Å². The highest BCUT2D eigenvalue weighted by Gasteiger charge is 2.37. The van der Waals surface area contributed by atoms with Crippen molar-refractivity contribution in [1.82, 2.24) is 15.5 Å². The number of carbonyl (C=O) groups excluding carboxylic acids is 3. The van der Waals surface area contributed by atoms with Gasteiger partial charge in [0.1, 0.15) is 10.7 Å². The van der Waals surface area contributed by atoms with Crippen LogP contribution in [0.5, 0.6) is 0 Å². The molecule has 9 heteroatoms. The molecule has 0 spiro atoms. The lowest BCUT2D eigenvalue weighted by molar-refractivity contribution is -0.138. The van der Waals surface area contributed by atoms with Gasteiger partial charge in [0, 0.05) is 28.7 Å². The van der Waals surface area contributed by atoms with Gasteiger partial charge in [-0.25, -0.2) is 0 Å². The van der Waals surface area contributed by atoms with Crippen LogP contribution < -0.4 is 10.6 Å². The molecule has 0 saturated heterocycles. The van der Waals surface area contributed by atoms with Crippen LogP contribution in [-0.4, -0.2) is 22.6 Å². The molecule has 1 heterocycles. The molecule has 0 unspecified atom stereocenters. The van der Waals surface area contributed by atoms with Gasteiger partial charge in [-0.3, -0.25) is 19.3 Å². The van der Waals surface area contributed by atoms with E-state index in [0.29, 0.717) is 27.7 Å². The molecule has 6 nitrogen and oxygen atoms in total. The topological polar surface area (TPSA) is 78.5 Å². The normalized spacial score (nSPS) is 13.4. The summed E-state index contributed by atoms with van der Waals surface area (Å²) in [7, 11) is 0. The van der Waals surface area contributed by atoms with E-state index in [4.69, 9.17) is 34.8 Å². The molecule has 0 radical (unpaired) electrons. The molecule has 35 heavy (non-hydrogen) atoms. The number of nitrogens with one attached hydrogen (secondary N) is 2. The third kappa shape index (κ3) is 5.85. The van der Waals surface area contributed by atoms with Gasteiger partial charge in [-0.1, -0.05) is 77.3 Å². The van der Waals surface area contributed by atoms with Gasteiger partial charge < -0.3 is 10.6 Å². The lowest BCUT2D eigenvalue weighted by Gasteiger charge is -2.16. The van der Waals surface area contributed by atoms with Crippen LogP contribution in [0.4, 0.5) is 0 Å². The lowest BCUT2D eigenvalue weighted by atomic mass is 10.1. The molecule has 3 aromatic rings. The summed E-state index contributed by atoms with van der Waals surface area (Å²) in [6, 6.07) is 21.1. The number of carbonyl (C=O) groups is 3. The van der Waals surface area contributed by atoms with Gasteiger partial charge in [-0.05, 0) is 47.0 Å². The minimum atomic E-state index is -0.577. The Morgan fingerprint density at radius 1 is 0.771 bits per heavy atom. The Kier molecular flexibility index (Phi) is 7.76. The first kappa shape index (κ1) is 24.8. The molecule has 0 bridgehead atoms. The van der Waals surface area contributed by atoms with Gasteiger partial charge in [0.05, 0.1) is 6.54 Å². The van der Waals surface area contributed by atoms with Crippen LogP contribution in [-0.2, 0) is 29.2 Å². The zero-order chi connectivity index (χ0) is 24.9. The highest BCUT2D eigenvalue weighted by Crippen LogP contribution is 2.26. The average Bonchev–Trinajstić information content (AvgIpc) is 3.06. The summed E-state index contributed by atoms with van der Waals surface area (Å²) < 4.78 is 0. The second kappa shape index (κ2) is 11.0. The van der Waals surface area contributed by atoms with Gasteiger partial charge in [0.25, 0.3) is 17.7 Å². The predicted octanol–water partition coefficient (Wildman–Crippen LogP) is 5.03. The molecule has 1 aliphatic rings. The van der Waals surface area contributed by atoms with Crippen molar-refractivity contribution >= 4 is 52.5 Å². The van der Waals surface area contributed by atoms with E-state index in [1.807, 2.05) is 12.1 Å². The van der Waals surface area contributed by atoms with Crippen molar-refractivity contribution in [3.05, 3.63) is 116 Å². The molecule has 0 atom stereocenters. The standard InChI is InChI=1S/C26H20Cl3N3O3/c27-20-11-7-17(8-12-20)14-31-24(33)18-9-5-16(6-10-18)13-30-23-22(29)25(34)32(26(23)35)15-19-3-1-2-4-21(19)28/h1-12,30H,13-15H2,(H,31,33). The van der Waals surface area contributed by atoms with Crippen molar-refractivity contribution in [3.63, 3.8) is 0 Å². The largest absolute Gasteiger partial charge is 0.375 e. The van der Waals surface area contributed by atoms with E-state index in [1.165, 1.54) is 0 Å². The molecule has 4 rings (SSSR count). The molecule has 178 valence electrons. The number of nitrogens with zero attached hydrogens (tertiary/aromatic N) is 1. The van der Waals surface area contributed by atoms with Gasteiger partial charge >= 0.3 is 0 Å². The maximum absolute atomic E-state index is 12.8. The Morgan fingerprint density at radius 2 is 1.40 bits per heavy atom. The Balaban J connectivity index is 1.33. The number of rotatable bonds is 8. The van der Waals surface area contributed by atoms with E-state index in [1.54, 1.807) is 60.7 Å². The SMILES string of the molecule is O=C(NCc1ccc(Cl)cc1)c1ccc(CNC2=C(Cl)C(=O)N(Cc3ccccc3Cl)C2=O)cc1. The monoisotopic (exact) mass is 527 g/mol. The number of hydrogen-bond donors (Lipinski definition) is 2. The van der Waals surface area contributed by atoms with Crippen LogP contribution in [0.3, 0.4) is 0 Å².